The van der Waals surface area contributed by atoms with Crippen LogP contribution in [0.1, 0.15) is 28.8 Å². The van der Waals surface area contributed by atoms with Crippen molar-refractivity contribution in [2.75, 3.05) is 13.1 Å². The lowest BCUT2D eigenvalue weighted by Crippen LogP contribution is -2.45. The molecule has 3 rings (SSSR count). The molecule has 2 heterocycles. The van der Waals surface area contributed by atoms with Crippen molar-refractivity contribution in [1.29, 1.82) is 0 Å². The molecular weight excluding hydrogens is 369 g/mol. The number of rotatable bonds is 5. The Hall–Kier alpha value is -1.28. The van der Waals surface area contributed by atoms with Crippen LogP contribution in [0.3, 0.4) is 0 Å². The van der Waals surface area contributed by atoms with Gasteiger partial charge >= 0.3 is 0 Å². The summed E-state index contributed by atoms with van der Waals surface area (Å²) >= 11 is 1.58. The molecule has 0 unspecified atom stereocenters. The van der Waals surface area contributed by atoms with Gasteiger partial charge in [0.1, 0.15) is 6.33 Å². The van der Waals surface area contributed by atoms with Gasteiger partial charge in [0.2, 0.25) is 0 Å². The number of benzene rings is 1. The van der Waals surface area contributed by atoms with Gasteiger partial charge in [-0.15, -0.1) is 24.8 Å². The molecular formula is C15H21Cl2N5OS. The highest BCUT2D eigenvalue weighted by atomic mass is 35.5. The molecule has 1 fully saturated rings. The van der Waals surface area contributed by atoms with Gasteiger partial charge in [0.05, 0.1) is 0 Å². The number of hydrogen-bond acceptors (Lipinski definition) is 5. The molecule has 9 heteroatoms. The SMILES string of the molecule is Cl.Cl.O=C(N[C@H]1CCCNC1)c1ccc(CSc2ncn[nH]2)cc1. The van der Waals surface area contributed by atoms with Gasteiger partial charge in [0.25, 0.3) is 5.91 Å². The molecule has 6 nitrogen and oxygen atoms in total. The molecule has 0 saturated carbocycles. The minimum absolute atomic E-state index is 0. The van der Waals surface area contributed by atoms with Crippen LogP contribution in [-0.2, 0) is 5.75 Å². The Bertz CT molecular complexity index is 603. The summed E-state index contributed by atoms with van der Waals surface area (Å²) in [6.07, 6.45) is 3.66. The summed E-state index contributed by atoms with van der Waals surface area (Å²) in [4.78, 5) is 16.3. The van der Waals surface area contributed by atoms with Gasteiger partial charge in [-0.05, 0) is 37.1 Å². The molecule has 2 aromatic rings. The van der Waals surface area contributed by atoms with Gasteiger partial charge in [0.15, 0.2) is 5.16 Å². The van der Waals surface area contributed by atoms with Crippen molar-refractivity contribution < 1.29 is 4.79 Å². The zero-order valence-corrected chi connectivity index (χ0v) is 15.5. The molecule has 1 atom stereocenters. The average Bonchev–Trinajstić information content (AvgIpc) is 3.08. The lowest BCUT2D eigenvalue weighted by molar-refractivity contribution is 0.0930. The van der Waals surface area contributed by atoms with Crippen molar-refractivity contribution in [3.05, 3.63) is 41.7 Å². The fraction of sp³-hybridized carbons (Fsp3) is 0.400. The van der Waals surface area contributed by atoms with E-state index in [0.29, 0.717) is 5.56 Å². The van der Waals surface area contributed by atoms with E-state index in [9.17, 15) is 4.79 Å². The summed E-state index contributed by atoms with van der Waals surface area (Å²) in [6.45, 7) is 1.90. The van der Waals surface area contributed by atoms with E-state index in [2.05, 4.69) is 25.8 Å². The molecule has 24 heavy (non-hydrogen) atoms. The van der Waals surface area contributed by atoms with E-state index in [1.54, 1.807) is 11.8 Å². The highest BCUT2D eigenvalue weighted by Gasteiger charge is 2.16. The largest absolute Gasteiger partial charge is 0.348 e. The number of carbonyl (C=O) groups is 1. The molecule has 0 radical (unpaired) electrons. The van der Waals surface area contributed by atoms with Crippen molar-refractivity contribution in [1.82, 2.24) is 25.8 Å². The first-order chi connectivity index (χ1) is 10.8. The third-order valence-electron chi connectivity index (χ3n) is 3.62. The summed E-state index contributed by atoms with van der Waals surface area (Å²) in [5.74, 6) is 0.798. The monoisotopic (exact) mass is 389 g/mol. The van der Waals surface area contributed by atoms with Gasteiger partial charge in [0, 0.05) is 23.9 Å². The first kappa shape index (κ1) is 20.8. The maximum absolute atomic E-state index is 12.2. The topological polar surface area (TPSA) is 82.7 Å². The highest BCUT2D eigenvalue weighted by Crippen LogP contribution is 2.18. The Morgan fingerprint density at radius 2 is 2.08 bits per heavy atom. The number of H-pyrrole nitrogens is 1. The number of aromatic amines is 1. The van der Waals surface area contributed by atoms with E-state index in [-0.39, 0.29) is 36.8 Å². The Balaban J connectivity index is 0.00000144. The number of amides is 1. The zero-order valence-electron chi connectivity index (χ0n) is 13.0. The smallest absolute Gasteiger partial charge is 0.251 e. The zero-order chi connectivity index (χ0) is 15.2. The maximum Gasteiger partial charge on any atom is 0.251 e. The predicted octanol–water partition coefficient (Wildman–Crippen LogP) is 2.42. The number of piperidine rings is 1. The Kier molecular flexibility index (Phi) is 9.13. The van der Waals surface area contributed by atoms with Crippen LogP contribution in [0.4, 0.5) is 0 Å². The van der Waals surface area contributed by atoms with Gasteiger partial charge in [-0.25, -0.2) is 4.98 Å². The number of carbonyl (C=O) groups excluding carboxylic acids is 1. The summed E-state index contributed by atoms with van der Waals surface area (Å²) in [6, 6.07) is 7.96. The standard InChI is InChI=1S/C15H19N5OS.2ClH/c21-14(19-13-2-1-7-16-8-13)12-5-3-11(4-6-12)9-22-15-17-10-18-20-15;;/h3-6,10,13,16H,1-2,7-9H2,(H,19,21)(H,17,18,20);2*1H/t13-;;/m0../s1. The summed E-state index contributed by atoms with van der Waals surface area (Å²) in [7, 11) is 0. The second-order valence-corrected chi connectivity index (χ2v) is 6.26. The van der Waals surface area contributed by atoms with Crippen molar-refractivity contribution in [2.45, 2.75) is 29.8 Å². The molecule has 1 amide bonds. The minimum atomic E-state index is 0. The first-order valence-corrected chi connectivity index (χ1v) is 8.38. The van der Waals surface area contributed by atoms with Crippen molar-refractivity contribution in [3.8, 4) is 0 Å². The molecule has 0 bridgehead atoms. The average molecular weight is 390 g/mol. The normalized spacial score (nSPS) is 16.6. The van der Waals surface area contributed by atoms with Crippen LogP contribution >= 0.6 is 36.6 Å². The number of thioether (sulfide) groups is 1. The van der Waals surface area contributed by atoms with Crippen LogP contribution in [0, 0.1) is 0 Å². The van der Waals surface area contributed by atoms with Gasteiger partial charge in [-0.3, -0.25) is 9.89 Å². The third-order valence-corrected chi connectivity index (χ3v) is 4.56. The molecule has 1 aromatic carbocycles. The van der Waals surface area contributed by atoms with Gasteiger partial charge < -0.3 is 10.6 Å². The molecule has 1 aromatic heterocycles. The molecule has 132 valence electrons. The number of halogens is 2. The molecule has 1 saturated heterocycles. The number of nitrogens with one attached hydrogen (secondary N) is 3. The number of aromatic nitrogens is 3. The minimum Gasteiger partial charge on any atom is -0.348 e. The molecule has 0 aliphatic carbocycles. The van der Waals surface area contributed by atoms with Crippen LogP contribution in [-0.4, -0.2) is 40.2 Å². The van der Waals surface area contributed by atoms with Crippen LogP contribution in [0.15, 0.2) is 35.7 Å². The lowest BCUT2D eigenvalue weighted by Gasteiger charge is -2.23. The number of hydrogen-bond donors (Lipinski definition) is 3. The summed E-state index contributed by atoms with van der Waals surface area (Å²) in [5.41, 5.74) is 1.86. The Labute approximate surface area is 157 Å². The molecule has 1 aliphatic heterocycles. The van der Waals surface area contributed by atoms with E-state index in [4.69, 9.17) is 0 Å². The van der Waals surface area contributed by atoms with Crippen LogP contribution in [0.5, 0.6) is 0 Å². The molecule has 1 aliphatic rings. The Morgan fingerprint density at radius 1 is 1.29 bits per heavy atom. The maximum atomic E-state index is 12.2. The first-order valence-electron chi connectivity index (χ1n) is 7.40. The summed E-state index contributed by atoms with van der Waals surface area (Å²) in [5, 5.41) is 13.8. The van der Waals surface area contributed by atoms with E-state index in [1.807, 2.05) is 24.3 Å². The van der Waals surface area contributed by atoms with E-state index in [0.717, 1.165) is 42.4 Å². The molecule has 3 N–H and O–H groups in total. The van der Waals surface area contributed by atoms with Crippen molar-refractivity contribution in [2.24, 2.45) is 0 Å². The quantitative estimate of drug-likeness (QED) is 0.683. The predicted molar refractivity (Wildman–Crippen MR) is 100 cm³/mol. The van der Waals surface area contributed by atoms with Crippen molar-refractivity contribution >= 4 is 42.5 Å². The Morgan fingerprint density at radius 3 is 2.71 bits per heavy atom. The van der Waals surface area contributed by atoms with Crippen LogP contribution in [0.25, 0.3) is 0 Å². The summed E-state index contributed by atoms with van der Waals surface area (Å²) < 4.78 is 0. The third kappa shape index (κ3) is 5.98. The van der Waals surface area contributed by atoms with Crippen LogP contribution < -0.4 is 10.6 Å². The number of nitrogens with zero attached hydrogens (tertiary/aromatic N) is 2. The van der Waals surface area contributed by atoms with Gasteiger partial charge in [-0.2, -0.15) is 5.10 Å². The van der Waals surface area contributed by atoms with E-state index < -0.39 is 0 Å². The second kappa shape index (κ2) is 10.6. The molecule has 0 spiro atoms. The lowest BCUT2D eigenvalue weighted by atomic mass is 10.1. The fourth-order valence-electron chi connectivity index (χ4n) is 2.41. The second-order valence-electron chi connectivity index (χ2n) is 5.29. The van der Waals surface area contributed by atoms with Crippen molar-refractivity contribution in [3.63, 3.8) is 0 Å². The van der Waals surface area contributed by atoms with E-state index >= 15 is 0 Å². The van der Waals surface area contributed by atoms with Gasteiger partial charge in [-0.1, -0.05) is 23.9 Å². The highest BCUT2D eigenvalue weighted by molar-refractivity contribution is 7.98. The van der Waals surface area contributed by atoms with Crippen LogP contribution in [0.2, 0.25) is 0 Å². The fourth-order valence-corrected chi connectivity index (χ4v) is 3.15. The van der Waals surface area contributed by atoms with E-state index in [1.165, 1.54) is 6.33 Å².